The maximum atomic E-state index is 11.1. The summed E-state index contributed by atoms with van der Waals surface area (Å²) in [7, 11) is 0. The summed E-state index contributed by atoms with van der Waals surface area (Å²) in [6.07, 6.45) is 0.0485. The lowest BCUT2D eigenvalue weighted by Crippen LogP contribution is -2.49. The van der Waals surface area contributed by atoms with Crippen LogP contribution >= 0.6 is 11.6 Å². The minimum Gasteiger partial charge on any atom is -0.374 e. The minimum atomic E-state index is -0.471. The molecule has 1 amide bonds. The zero-order valence-corrected chi connectivity index (χ0v) is 12.3. The van der Waals surface area contributed by atoms with E-state index in [4.69, 9.17) is 27.8 Å². The molecule has 110 valence electrons. The van der Waals surface area contributed by atoms with E-state index in [0.717, 1.165) is 18.7 Å². The molecule has 0 radical (unpaired) electrons. The second-order valence-electron chi connectivity index (χ2n) is 5.17. The highest BCUT2D eigenvalue weighted by molar-refractivity contribution is 6.31. The van der Waals surface area contributed by atoms with Crippen molar-refractivity contribution in [1.82, 2.24) is 4.90 Å². The van der Waals surface area contributed by atoms with Gasteiger partial charge in [-0.05, 0) is 24.6 Å². The predicted octanol–water partition coefficient (Wildman–Crippen LogP) is 0.987. The number of rotatable bonds is 4. The molecule has 1 saturated heterocycles. The molecule has 2 atom stereocenters. The Kier molecular flexibility index (Phi) is 4.99. The molecule has 1 aliphatic rings. The van der Waals surface area contributed by atoms with Crippen LogP contribution in [0.3, 0.4) is 0 Å². The molecule has 2 rings (SSSR count). The van der Waals surface area contributed by atoms with Gasteiger partial charge in [0.2, 0.25) is 5.91 Å². The highest BCUT2D eigenvalue weighted by Gasteiger charge is 2.23. The lowest BCUT2D eigenvalue weighted by molar-refractivity contribution is -0.0403. The smallest absolute Gasteiger partial charge is 0.248 e. The fourth-order valence-corrected chi connectivity index (χ4v) is 2.50. The maximum Gasteiger partial charge on any atom is 0.248 e. The van der Waals surface area contributed by atoms with Gasteiger partial charge >= 0.3 is 0 Å². The molecular formula is C14H20ClN3O2. The normalized spacial score (nSPS) is 21.6. The molecule has 1 aromatic carbocycles. The van der Waals surface area contributed by atoms with E-state index in [0.29, 0.717) is 23.7 Å². The molecule has 1 aromatic rings. The van der Waals surface area contributed by atoms with E-state index >= 15 is 0 Å². The summed E-state index contributed by atoms with van der Waals surface area (Å²) in [6, 6.07) is 5.17. The van der Waals surface area contributed by atoms with Crippen LogP contribution in [0, 0.1) is 0 Å². The van der Waals surface area contributed by atoms with Crippen LogP contribution in [-0.4, -0.2) is 42.6 Å². The molecule has 0 spiro atoms. The number of nitrogens with zero attached hydrogens (tertiary/aromatic N) is 1. The molecule has 0 aliphatic carbocycles. The SMILES string of the molecule is CC(N)C1CN(Cc2ccc(C(N)=O)cc2Cl)CCO1. The summed E-state index contributed by atoms with van der Waals surface area (Å²) in [5, 5.41) is 0.560. The van der Waals surface area contributed by atoms with Crippen LogP contribution in [0.4, 0.5) is 0 Å². The predicted molar refractivity (Wildman–Crippen MR) is 78.6 cm³/mol. The van der Waals surface area contributed by atoms with E-state index in [9.17, 15) is 4.79 Å². The van der Waals surface area contributed by atoms with Crippen molar-refractivity contribution >= 4 is 17.5 Å². The number of hydrogen-bond donors (Lipinski definition) is 2. The highest BCUT2D eigenvalue weighted by atomic mass is 35.5. The van der Waals surface area contributed by atoms with Gasteiger partial charge in [-0.15, -0.1) is 0 Å². The first-order valence-electron chi connectivity index (χ1n) is 6.65. The summed E-state index contributed by atoms with van der Waals surface area (Å²) in [4.78, 5) is 13.3. The van der Waals surface area contributed by atoms with Crippen molar-refractivity contribution in [3.63, 3.8) is 0 Å². The van der Waals surface area contributed by atoms with E-state index in [-0.39, 0.29) is 12.1 Å². The summed E-state index contributed by atoms with van der Waals surface area (Å²) in [5.41, 5.74) is 12.5. The second kappa shape index (κ2) is 6.54. The molecule has 1 fully saturated rings. The quantitative estimate of drug-likeness (QED) is 0.868. The third-order valence-corrected chi connectivity index (χ3v) is 3.85. The van der Waals surface area contributed by atoms with Gasteiger partial charge in [-0.25, -0.2) is 0 Å². The fraction of sp³-hybridized carbons (Fsp3) is 0.500. The van der Waals surface area contributed by atoms with Crippen LogP contribution < -0.4 is 11.5 Å². The number of halogens is 1. The molecule has 20 heavy (non-hydrogen) atoms. The average Bonchev–Trinajstić information content (AvgIpc) is 2.41. The third kappa shape index (κ3) is 3.70. The summed E-state index contributed by atoms with van der Waals surface area (Å²) in [6.45, 7) is 4.96. The maximum absolute atomic E-state index is 11.1. The van der Waals surface area contributed by atoms with Gasteiger partial charge < -0.3 is 16.2 Å². The Morgan fingerprint density at radius 3 is 2.95 bits per heavy atom. The number of carbonyl (C=O) groups is 1. The van der Waals surface area contributed by atoms with Gasteiger partial charge in [0.25, 0.3) is 0 Å². The van der Waals surface area contributed by atoms with Gasteiger partial charge in [0.05, 0.1) is 12.7 Å². The van der Waals surface area contributed by atoms with Crippen LogP contribution in [0.25, 0.3) is 0 Å². The molecule has 0 aromatic heterocycles. The average molecular weight is 298 g/mol. The Morgan fingerprint density at radius 2 is 2.35 bits per heavy atom. The number of primary amides is 1. The van der Waals surface area contributed by atoms with E-state index in [1.807, 2.05) is 13.0 Å². The molecule has 5 nitrogen and oxygen atoms in total. The van der Waals surface area contributed by atoms with Crippen LogP contribution in [0.15, 0.2) is 18.2 Å². The van der Waals surface area contributed by atoms with Crippen LogP contribution in [-0.2, 0) is 11.3 Å². The first kappa shape index (κ1) is 15.3. The molecular weight excluding hydrogens is 278 g/mol. The van der Waals surface area contributed by atoms with Gasteiger partial charge in [-0.1, -0.05) is 17.7 Å². The van der Waals surface area contributed by atoms with Crippen molar-refractivity contribution in [3.8, 4) is 0 Å². The van der Waals surface area contributed by atoms with Crippen LogP contribution in [0.1, 0.15) is 22.8 Å². The lowest BCUT2D eigenvalue weighted by atomic mass is 10.1. The van der Waals surface area contributed by atoms with Crippen molar-refractivity contribution in [1.29, 1.82) is 0 Å². The van der Waals surface area contributed by atoms with Crippen molar-refractivity contribution in [3.05, 3.63) is 34.3 Å². The number of benzene rings is 1. The summed E-state index contributed by atoms with van der Waals surface area (Å²) >= 11 is 6.20. The van der Waals surface area contributed by atoms with Crippen molar-refractivity contribution in [2.24, 2.45) is 11.5 Å². The Hall–Kier alpha value is -1.14. The second-order valence-corrected chi connectivity index (χ2v) is 5.58. The van der Waals surface area contributed by atoms with Gasteiger partial charge in [-0.2, -0.15) is 0 Å². The third-order valence-electron chi connectivity index (χ3n) is 3.50. The number of nitrogens with two attached hydrogens (primary N) is 2. The topological polar surface area (TPSA) is 81.6 Å². The first-order valence-corrected chi connectivity index (χ1v) is 7.03. The van der Waals surface area contributed by atoms with Gasteiger partial charge in [0.1, 0.15) is 0 Å². The Bertz CT molecular complexity index is 493. The molecule has 6 heteroatoms. The zero-order valence-electron chi connectivity index (χ0n) is 11.5. The minimum absolute atomic E-state index is 0.00510. The van der Waals surface area contributed by atoms with Crippen molar-refractivity contribution < 1.29 is 9.53 Å². The van der Waals surface area contributed by atoms with E-state index in [2.05, 4.69) is 4.90 Å². The summed E-state index contributed by atoms with van der Waals surface area (Å²) in [5.74, 6) is -0.471. The van der Waals surface area contributed by atoms with Gasteiger partial charge in [-0.3, -0.25) is 9.69 Å². The Labute approximate surface area is 123 Å². The number of hydrogen-bond acceptors (Lipinski definition) is 4. The first-order chi connectivity index (χ1) is 9.47. The van der Waals surface area contributed by atoms with Crippen LogP contribution in [0.2, 0.25) is 5.02 Å². The summed E-state index contributed by atoms with van der Waals surface area (Å²) < 4.78 is 5.63. The lowest BCUT2D eigenvalue weighted by Gasteiger charge is -2.34. The molecule has 0 bridgehead atoms. The van der Waals surface area contributed by atoms with Gasteiger partial charge in [0, 0.05) is 36.3 Å². The number of ether oxygens (including phenoxy) is 1. The van der Waals surface area contributed by atoms with Crippen molar-refractivity contribution in [2.75, 3.05) is 19.7 Å². The zero-order chi connectivity index (χ0) is 14.7. The van der Waals surface area contributed by atoms with Crippen molar-refractivity contribution in [2.45, 2.75) is 25.6 Å². The monoisotopic (exact) mass is 297 g/mol. The molecule has 2 unspecified atom stereocenters. The molecule has 4 N–H and O–H groups in total. The molecule has 1 aliphatic heterocycles. The fourth-order valence-electron chi connectivity index (χ4n) is 2.26. The van der Waals surface area contributed by atoms with E-state index < -0.39 is 5.91 Å². The Morgan fingerprint density at radius 1 is 1.60 bits per heavy atom. The highest BCUT2D eigenvalue weighted by Crippen LogP contribution is 2.21. The number of amides is 1. The standard InChI is InChI=1S/C14H20ClN3O2/c1-9(16)13-8-18(4-5-20-13)7-11-3-2-10(14(17)19)6-12(11)15/h2-3,6,9,13H,4-5,7-8,16H2,1H3,(H2,17,19). The van der Waals surface area contributed by atoms with Gasteiger partial charge in [0.15, 0.2) is 0 Å². The number of carbonyl (C=O) groups excluding carboxylic acids is 1. The van der Waals surface area contributed by atoms with E-state index in [1.54, 1.807) is 12.1 Å². The van der Waals surface area contributed by atoms with Crippen LogP contribution in [0.5, 0.6) is 0 Å². The number of morpholine rings is 1. The largest absolute Gasteiger partial charge is 0.374 e. The Balaban J connectivity index is 2.04. The van der Waals surface area contributed by atoms with E-state index in [1.165, 1.54) is 0 Å². The molecule has 1 heterocycles. The molecule has 0 saturated carbocycles.